The van der Waals surface area contributed by atoms with Gasteiger partial charge in [-0.1, -0.05) is 31.5 Å². The lowest BCUT2D eigenvalue weighted by atomic mass is 9.95. The van der Waals surface area contributed by atoms with E-state index in [4.69, 9.17) is 11.6 Å². The van der Waals surface area contributed by atoms with E-state index in [0.29, 0.717) is 5.92 Å². The molecule has 0 aromatic heterocycles. The van der Waals surface area contributed by atoms with E-state index in [0.717, 1.165) is 5.02 Å². The van der Waals surface area contributed by atoms with E-state index in [-0.39, 0.29) is 0 Å². The predicted octanol–water partition coefficient (Wildman–Crippen LogP) is 4.08. The van der Waals surface area contributed by atoms with Crippen LogP contribution in [0, 0.1) is 13.8 Å². The average Bonchev–Trinajstić information content (AvgIpc) is 1.97. The van der Waals surface area contributed by atoms with Gasteiger partial charge in [-0.05, 0) is 42.5 Å². The highest BCUT2D eigenvalue weighted by Crippen LogP contribution is 2.29. The van der Waals surface area contributed by atoms with Crippen molar-refractivity contribution >= 4 is 11.6 Å². The van der Waals surface area contributed by atoms with E-state index in [1.54, 1.807) is 0 Å². The minimum atomic E-state index is 0.511. The van der Waals surface area contributed by atoms with Crippen molar-refractivity contribution < 1.29 is 0 Å². The Labute approximate surface area is 79.6 Å². The summed E-state index contributed by atoms with van der Waals surface area (Å²) in [6.45, 7) is 8.61. The van der Waals surface area contributed by atoms with Gasteiger partial charge in [-0.25, -0.2) is 0 Å². The number of halogens is 1. The highest BCUT2D eigenvalue weighted by Gasteiger charge is 2.09. The first-order chi connectivity index (χ1) is 5.54. The fourth-order valence-corrected chi connectivity index (χ4v) is 1.94. The first-order valence-corrected chi connectivity index (χ1v) is 4.67. The maximum atomic E-state index is 6.10. The van der Waals surface area contributed by atoms with E-state index < -0.39 is 0 Å². The van der Waals surface area contributed by atoms with Gasteiger partial charge in [0, 0.05) is 5.02 Å². The topological polar surface area (TPSA) is 0 Å². The van der Waals surface area contributed by atoms with Crippen LogP contribution in [-0.4, -0.2) is 0 Å². The third-order valence-corrected chi connectivity index (χ3v) is 2.64. The summed E-state index contributed by atoms with van der Waals surface area (Å²) in [5.74, 6) is 0.511. The largest absolute Gasteiger partial charge is 0.0840 e. The molecule has 12 heavy (non-hydrogen) atoms. The number of hydrogen-bond donors (Lipinski definition) is 0. The molecule has 0 amide bonds. The molecule has 0 aliphatic rings. The zero-order valence-electron chi connectivity index (χ0n) is 8.11. The van der Waals surface area contributed by atoms with Gasteiger partial charge in [0.05, 0.1) is 0 Å². The standard InChI is InChI=1S/C11H15Cl/c1-7(2)11-9(4)8(3)5-6-10(11)12/h5-7H,1-4H3. The lowest BCUT2D eigenvalue weighted by molar-refractivity contribution is 0.854. The van der Waals surface area contributed by atoms with Crippen LogP contribution < -0.4 is 0 Å². The molecule has 0 saturated carbocycles. The van der Waals surface area contributed by atoms with Crippen LogP contribution in [0.2, 0.25) is 5.02 Å². The van der Waals surface area contributed by atoms with Crippen molar-refractivity contribution in [1.82, 2.24) is 0 Å². The predicted molar refractivity (Wildman–Crippen MR) is 55.0 cm³/mol. The maximum Gasteiger partial charge on any atom is 0.0443 e. The van der Waals surface area contributed by atoms with E-state index in [1.807, 2.05) is 6.07 Å². The SMILES string of the molecule is Cc1ccc(Cl)c(C(C)C)c1C. The molecule has 0 saturated heterocycles. The maximum absolute atomic E-state index is 6.10. The first kappa shape index (κ1) is 9.60. The molecule has 0 bridgehead atoms. The van der Waals surface area contributed by atoms with Crippen molar-refractivity contribution in [1.29, 1.82) is 0 Å². The van der Waals surface area contributed by atoms with Gasteiger partial charge in [-0.3, -0.25) is 0 Å². The van der Waals surface area contributed by atoms with Crippen LogP contribution in [0.1, 0.15) is 36.5 Å². The molecule has 0 spiro atoms. The summed E-state index contributed by atoms with van der Waals surface area (Å²) in [4.78, 5) is 0. The Kier molecular flexibility index (Phi) is 2.79. The average molecular weight is 183 g/mol. The zero-order chi connectivity index (χ0) is 9.30. The molecular weight excluding hydrogens is 168 g/mol. The summed E-state index contributed by atoms with van der Waals surface area (Å²) in [5, 5.41) is 0.896. The summed E-state index contributed by atoms with van der Waals surface area (Å²) >= 11 is 6.10. The van der Waals surface area contributed by atoms with E-state index in [9.17, 15) is 0 Å². The number of benzene rings is 1. The Morgan fingerprint density at radius 2 is 1.75 bits per heavy atom. The van der Waals surface area contributed by atoms with E-state index in [2.05, 4.69) is 33.8 Å². The Bertz CT molecular complexity index is 287. The van der Waals surface area contributed by atoms with Crippen molar-refractivity contribution in [2.24, 2.45) is 0 Å². The van der Waals surface area contributed by atoms with Crippen LogP contribution in [0.5, 0.6) is 0 Å². The van der Waals surface area contributed by atoms with Gasteiger partial charge in [0.25, 0.3) is 0 Å². The second-order valence-corrected chi connectivity index (χ2v) is 3.96. The van der Waals surface area contributed by atoms with Crippen LogP contribution in [0.15, 0.2) is 12.1 Å². The normalized spacial score (nSPS) is 10.8. The first-order valence-electron chi connectivity index (χ1n) is 4.29. The number of hydrogen-bond acceptors (Lipinski definition) is 0. The molecule has 0 unspecified atom stereocenters. The lowest BCUT2D eigenvalue weighted by Gasteiger charge is -2.13. The summed E-state index contributed by atoms with van der Waals surface area (Å²) in [7, 11) is 0. The van der Waals surface area contributed by atoms with Gasteiger partial charge in [0.15, 0.2) is 0 Å². The molecule has 0 radical (unpaired) electrons. The molecule has 1 aromatic carbocycles. The van der Waals surface area contributed by atoms with Crippen molar-refractivity contribution in [2.45, 2.75) is 33.6 Å². The summed E-state index contributed by atoms with van der Waals surface area (Å²) in [6, 6.07) is 4.06. The third-order valence-electron chi connectivity index (χ3n) is 2.31. The molecular formula is C11H15Cl. The van der Waals surface area contributed by atoms with E-state index >= 15 is 0 Å². The second-order valence-electron chi connectivity index (χ2n) is 3.56. The minimum absolute atomic E-state index is 0.511. The van der Waals surface area contributed by atoms with Gasteiger partial charge in [-0.2, -0.15) is 0 Å². The molecule has 66 valence electrons. The smallest absolute Gasteiger partial charge is 0.0443 e. The molecule has 0 atom stereocenters. The van der Waals surface area contributed by atoms with Gasteiger partial charge < -0.3 is 0 Å². The second kappa shape index (κ2) is 3.49. The van der Waals surface area contributed by atoms with Crippen molar-refractivity contribution in [3.8, 4) is 0 Å². The van der Waals surface area contributed by atoms with Crippen molar-refractivity contribution in [3.63, 3.8) is 0 Å². The summed E-state index contributed by atoms with van der Waals surface area (Å²) in [6.07, 6.45) is 0. The zero-order valence-corrected chi connectivity index (χ0v) is 8.87. The van der Waals surface area contributed by atoms with Crippen LogP contribution in [-0.2, 0) is 0 Å². The molecule has 1 aromatic rings. The molecule has 0 aliphatic heterocycles. The Morgan fingerprint density at radius 1 is 1.17 bits per heavy atom. The Hall–Kier alpha value is -0.490. The fraction of sp³-hybridized carbons (Fsp3) is 0.455. The molecule has 0 aliphatic carbocycles. The quantitative estimate of drug-likeness (QED) is 0.614. The number of aryl methyl sites for hydroxylation is 1. The van der Waals surface area contributed by atoms with Gasteiger partial charge in [0.2, 0.25) is 0 Å². The summed E-state index contributed by atoms with van der Waals surface area (Å²) < 4.78 is 0. The van der Waals surface area contributed by atoms with Gasteiger partial charge in [0.1, 0.15) is 0 Å². The van der Waals surface area contributed by atoms with Crippen LogP contribution in [0.4, 0.5) is 0 Å². The van der Waals surface area contributed by atoms with Crippen LogP contribution in [0.25, 0.3) is 0 Å². The Morgan fingerprint density at radius 3 is 2.17 bits per heavy atom. The molecule has 1 rings (SSSR count). The minimum Gasteiger partial charge on any atom is -0.0840 e. The molecule has 1 heteroatoms. The third kappa shape index (κ3) is 1.64. The number of rotatable bonds is 1. The van der Waals surface area contributed by atoms with E-state index in [1.165, 1.54) is 16.7 Å². The molecule has 0 heterocycles. The lowest BCUT2D eigenvalue weighted by Crippen LogP contribution is -1.95. The highest BCUT2D eigenvalue weighted by molar-refractivity contribution is 6.31. The Balaban J connectivity index is 3.33. The van der Waals surface area contributed by atoms with Crippen molar-refractivity contribution in [2.75, 3.05) is 0 Å². The molecule has 0 nitrogen and oxygen atoms in total. The van der Waals surface area contributed by atoms with Crippen LogP contribution >= 0.6 is 11.6 Å². The van der Waals surface area contributed by atoms with Crippen molar-refractivity contribution in [3.05, 3.63) is 33.8 Å². The van der Waals surface area contributed by atoms with Crippen LogP contribution in [0.3, 0.4) is 0 Å². The molecule has 0 N–H and O–H groups in total. The van der Waals surface area contributed by atoms with Gasteiger partial charge >= 0.3 is 0 Å². The summed E-state index contributed by atoms with van der Waals surface area (Å²) in [5.41, 5.74) is 3.94. The molecule has 0 fully saturated rings. The monoisotopic (exact) mass is 182 g/mol. The highest BCUT2D eigenvalue weighted by atomic mass is 35.5. The fourth-order valence-electron chi connectivity index (χ4n) is 1.51. The van der Waals surface area contributed by atoms with Gasteiger partial charge in [-0.15, -0.1) is 0 Å².